The van der Waals surface area contributed by atoms with Gasteiger partial charge < -0.3 is 0 Å². The Kier molecular flexibility index (Phi) is 2.80. The van der Waals surface area contributed by atoms with E-state index in [2.05, 4.69) is 22.6 Å². The molecule has 1 aromatic carbocycles. The van der Waals surface area contributed by atoms with E-state index in [0.29, 0.717) is 0 Å². The standard InChI is InChI=1S/C9H6FIS2/c1-12-9-5-2-3-13-8(5)6(10)4-7(9)11/h2-4H,1H3. The molecule has 0 radical (unpaired) electrons. The molecule has 0 saturated heterocycles. The Balaban J connectivity index is 2.88. The van der Waals surface area contributed by atoms with Crippen molar-refractivity contribution in [2.75, 3.05) is 6.26 Å². The molecule has 0 amide bonds. The summed E-state index contributed by atoms with van der Waals surface area (Å²) in [6.45, 7) is 0. The number of benzene rings is 1. The van der Waals surface area contributed by atoms with Crippen LogP contribution in [0.25, 0.3) is 10.1 Å². The van der Waals surface area contributed by atoms with E-state index in [0.717, 1.165) is 13.7 Å². The second kappa shape index (κ2) is 3.74. The molecule has 0 unspecified atom stereocenters. The number of halogens is 2. The van der Waals surface area contributed by atoms with Gasteiger partial charge in [0, 0.05) is 13.9 Å². The Morgan fingerprint density at radius 1 is 1.54 bits per heavy atom. The number of hydrogen-bond donors (Lipinski definition) is 0. The van der Waals surface area contributed by atoms with E-state index >= 15 is 0 Å². The van der Waals surface area contributed by atoms with Gasteiger partial charge in [-0.05, 0) is 46.4 Å². The smallest absolute Gasteiger partial charge is 0.142 e. The molecule has 0 nitrogen and oxygen atoms in total. The van der Waals surface area contributed by atoms with Crippen molar-refractivity contribution in [2.45, 2.75) is 4.90 Å². The van der Waals surface area contributed by atoms with Gasteiger partial charge in [-0.1, -0.05) is 0 Å². The van der Waals surface area contributed by atoms with E-state index < -0.39 is 0 Å². The lowest BCUT2D eigenvalue weighted by Gasteiger charge is -2.03. The fourth-order valence-electron chi connectivity index (χ4n) is 1.25. The summed E-state index contributed by atoms with van der Waals surface area (Å²) >= 11 is 5.31. The largest absolute Gasteiger partial charge is 0.205 e. The SMILES string of the molecule is CSc1c(I)cc(F)c2sccc12. The number of hydrogen-bond acceptors (Lipinski definition) is 2. The first-order valence-electron chi connectivity index (χ1n) is 3.63. The van der Waals surface area contributed by atoms with Crippen molar-refractivity contribution in [1.29, 1.82) is 0 Å². The van der Waals surface area contributed by atoms with Crippen LogP contribution in [0.15, 0.2) is 22.4 Å². The van der Waals surface area contributed by atoms with Crippen molar-refractivity contribution >= 4 is 55.8 Å². The molecule has 68 valence electrons. The highest BCUT2D eigenvalue weighted by atomic mass is 127. The predicted molar refractivity (Wildman–Crippen MR) is 66.3 cm³/mol. The molecule has 13 heavy (non-hydrogen) atoms. The maximum absolute atomic E-state index is 13.4. The molecule has 2 rings (SSSR count). The lowest BCUT2D eigenvalue weighted by atomic mass is 10.2. The quantitative estimate of drug-likeness (QED) is 0.555. The van der Waals surface area contributed by atoms with E-state index in [1.165, 1.54) is 16.2 Å². The van der Waals surface area contributed by atoms with Crippen molar-refractivity contribution in [3.05, 3.63) is 26.9 Å². The van der Waals surface area contributed by atoms with Crippen LogP contribution in [-0.4, -0.2) is 6.26 Å². The highest BCUT2D eigenvalue weighted by Gasteiger charge is 2.10. The van der Waals surface area contributed by atoms with Gasteiger partial charge in [-0.2, -0.15) is 0 Å². The molecule has 0 aliphatic carbocycles. The number of thioether (sulfide) groups is 1. The number of thiophene rings is 1. The van der Waals surface area contributed by atoms with Crippen LogP contribution in [0.1, 0.15) is 0 Å². The van der Waals surface area contributed by atoms with Crippen LogP contribution < -0.4 is 0 Å². The maximum Gasteiger partial charge on any atom is 0.142 e. The highest BCUT2D eigenvalue weighted by Crippen LogP contribution is 2.35. The van der Waals surface area contributed by atoms with Gasteiger partial charge in [-0.25, -0.2) is 4.39 Å². The number of rotatable bonds is 1. The van der Waals surface area contributed by atoms with Crippen molar-refractivity contribution < 1.29 is 4.39 Å². The molecule has 2 aromatic rings. The van der Waals surface area contributed by atoms with Crippen molar-refractivity contribution in [3.8, 4) is 0 Å². The van der Waals surface area contributed by atoms with Crippen LogP contribution in [-0.2, 0) is 0 Å². The second-order valence-electron chi connectivity index (χ2n) is 2.54. The summed E-state index contributed by atoms with van der Waals surface area (Å²) in [5.41, 5.74) is 0. The third kappa shape index (κ3) is 1.59. The van der Waals surface area contributed by atoms with Crippen LogP contribution >= 0.6 is 45.7 Å². The predicted octanol–water partition coefficient (Wildman–Crippen LogP) is 4.37. The average molecular weight is 324 g/mol. The Labute approximate surface area is 97.7 Å². The Hall–Kier alpha value is 0.190. The molecule has 0 aliphatic rings. The van der Waals surface area contributed by atoms with Gasteiger partial charge in [0.1, 0.15) is 5.82 Å². The first-order valence-corrected chi connectivity index (χ1v) is 6.81. The molecule has 0 spiro atoms. The van der Waals surface area contributed by atoms with E-state index in [1.807, 2.05) is 17.7 Å². The van der Waals surface area contributed by atoms with Gasteiger partial charge >= 0.3 is 0 Å². The first-order chi connectivity index (χ1) is 6.24. The van der Waals surface area contributed by atoms with Gasteiger partial charge in [0.2, 0.25) is 0 Å². The molecule has 1 aromatic heterocycles. The monoisotopic (exact) mass is 324 g/mol. The summed E-state index contributed by atoms with van der Waals surface area (Å²) in [5, 5.41) is 2.98. The van der Waals surface area contributed by atoms with E-state index in [-0.39, 0.29) is 5.82 Å². The molecule has 4 heteroatoms. The highest BCUT2D eigenvalue weighted by molar-refractivity contribution is 14.1. The molecule has 0 N–H and O–H groups in total. The van der Waals surface area contributed by atoms with Crippen molar-refractivity contribution in [1.82, 2.24) is 0 Å². The summed E-state index contributed by atoms with van der Waals surface area (Å²) < 4.78 is 15.2. The number of fused-ring (bicyclic) bond motifs is 1. The van der Waals surface area contributed by atoms with Crippen molar-refractivity contribution in [3.63, 3.8) is 0 Å². The van der Waals surface area contributed by atoms with Gasteiger partial charge in [0.15, 0.2) is 0 Å². The van der Waals surface area contributed by atoms with Crippen LogP contribution in [0, 0.1) is 9.39 Å². The molecule has 0 bridgehead atoms. The lowest BCUT2D eigenvalue weighted by Crippen LogP contribution is -1.82. The van der Waals surface area contributed by atoms with Gasteiger partial charge in [-0.15, -0.1) is 23.1 Å². The van der Waals surface area contributed by atoms with Crippen LogP contribution in [0.2, 0.25) is 0 Å². The summed E-state index contributed by atoms with van der Waals surface area (Å²) in [7, 11) is 0. The third-order valence-electron chi connectivity index (χ3n) is 1.80. The Morgan fingerprint density at radius 2 is 2.31 bits per heavy atom. The lowest BCUT2D eigenvalue weighted by molar-refractivity contribution is 0.640. The topological polar surface area (TPSA) is 0 Å². The zero-order valence-electron chi connectivity index (χ0n) is 6.80. The zero-order chi connectivity index (χ0) is 9.42. The summed E-state index contributed by atoms with van der Waals surface area (Å²) in [4.78, 5) is 1.18. The Morgan fingerprint density at radius 3 is 3.00 bits per heavy atom. The van der Waals surface area contributed by atoms with E-state index in [9.17, 15) is 4.39 Å². The normalized spacial score (nSPS) is 11.0. The third-order valence-corrected chi connectivity index (χ3v) is 4.79. The summed E-state index contributed by atoms with van der Waals surface area (Å²) in [6.07, 6.45) is 2.02. The molecule has 0 atom stereocenters. The van der Waals surface area contributed by atoms with Crippen LogP contribution in [0.5, 0.6) is 0 Å². The summed E-state index contributed by atoms with van der Waals surface area (Å²) in [5.74, 6) is -0.104. The minimum Gasteiger partial charge on any atom is -0.205 e. The molecule has 1 heterocycles. The molecule has 0 saturated carbocycles. The summed E-state index contributed by atoms with van der Waals surface area (Å²) in [6, 6.07) is 3.59. The Bertz CT molecular complexity index is 450. The fraction of sp³-hybridized carbons (Fsp3) is 0.111. The molecular formula is C9H6FIS2. The average Bonchev–Trinajstić information content (AvgIpc) is 2.53. The fourth-order valence-corrected chi connectivity index (χ4v) is 3.99. The van der Waals surface area contributed by atoms with Crippen LogP contribution in [0.3, 0.4) is 0 Å². The second-order valence-corrected chi connectivity index (χ2v) is 5.43. The minimum atomic E-state index is -0.104. The zero-order valence-corrected chi connectivity index (χ0v) is 10.6. The first kappa shape index (κ1) is 9.73. The van der Waals surface area contributed by atoms with E-state index in [4.69, 9.17) is 0 Å². The molecule has 0 fully saturated rings. The van der Waals surface area contributed by atoms with Crippen LogP contribution in [0.4, 0.5) is 4.39 Å². The molecular weight excluding hydrogens is 318 g/mol. The maximum atomic E-state index is 13.4. The van der Waals surface area contributed by atoms with Crippen molar-refractivity contribution in [2.24, 2.45) is 0 Å². The van der Waals surface area contributed by atoms with Gasteiger partial charge in [0.05, 0.1) is 4.70 Å². The van der Waals surface area contributed by atoms with Gasteiger partial charge in [-0.3, -0.25) is 0 Å². The minimum absolute atomic E-state index is 0.104. The molecule has 0 aliphatic heterocycles. The van der Waals surface area contributed by atoms with Gasteiger partial charge in [0.25, 0.3) is 0 Å². The van der Waals surface area contributed by atoms with E-state index in [1.54, 1.807) is 17.8 Å².